The highest BCUT2D eigenvalue weighted by atomic mass is 32.1. The molecule has 0 saturated carbocycles. The van der Waals surface area contributed by atoms with E-state index in [4.69, 9.17) is 13.9 Å². The van der Waals surface area contributed by atoms with Gasteiger partial charge in [0.1, 0.15) is 22.9 Å². The lowest BCUT2D eigenvalue weighted by Gasteiger charge is -2.07. The van der Waals surface area contributed by atoms with Crippen LogP contribution >= 0.6 is 11.3 Å². The average Bonchev–Trinajstić information content (AvgIpc) is 3.26. The first-order chi connectivity index (χ1) is 14.6. The van der Waals surface area contributed by atoms with Crippen molar-refractivity contribution in [1.82, 2.24) is 4.98 Å². The summed E-state index contributed by atoms with van der Waals surface area (Å²) in [6.07, 6.45) is 1.48. The van der Waals surface area contributed by atoms with Crippen LogP contribution in [0.25, 0.3) is 32.8 Å². The van der Waals surface area contributed by atoms with Gasteiger partial charge in [0.25, 0.3) is 0 Å². The summed E-state index contributed by atoms with van der Waals surface area (Å²) in [5, 5.41) is 3.23. The van der Waals surface area contributed by atoms with Crippen molar-refractivity contribution in [3.63, 3.8) is 0 Å². The molecule has 4 rings (SSSR count). The average molecular weight is 419 g/mol. The van der Waals surface area contributed by atoms with E-state index >= 15 is 0 Å². The Labute approximate surface area is 176 Å². The third-order valence-electron chi connectivity index (χ3n) is 4.23. The van der Waals surface area contributed by atoms with Crippen LogP contribution in [0.15, 0.2) is 81.8 Å². The lowest BCUT2D eigenvalue weighted by molar-refractivity contribution is -0.144. The second-order valence-corrected chi connectivity index (χ2v) is 7.17. The summed E-state index contributed by atoms with van der Waals surface area (Å²) in [5.41, 5.74) is 2.07. The lowest BCUT2D eigenvalue weighted by atomic mass is 10.1. The SMILES string of the molecule is C=CCOC(=O)COc1ccc2cc(-c3nc(-c4ccccc4)cs3)c(=O)oc2c1. The first-order valence-corrected chi connectivity index (χ1v) is 10.0. The van der Waals surface area contributed by atoms with Crippen molar-refractivity contribution in [3.05, 3.63) is 83.1 Å². The molecule has 0 aliphatic carbocycles. The quantitative estimate of drug-likeness (QED) is 0.246. The predicted octanol–water partition coefficient (Wildman–Crippen LogP) is 4.69. The standard InChI is InChI=1S/C23H17NO5S/c1-2-10-27-21(25)13-28-17-9-8-16-11-18(23(26)29-20(16)12-17)22-24-19(14-30-22)15-6-4-3-5-7-15/h2-9,11-12,14H,1,10,13H2. The zero-order chi connectivity index (χ0) is 20.9. The third kappa shape index (κ3) is 4.31. The number of aromatic nitrogens is 1. The number of carbonyl (C=O) groups is 1. The van der Waals surface area contributed by atoms with Crippen molar-refractivity contribution in [2.45, 2.75) is 0 Å². The Morgan fingerprint density at radius 1 is 1.17 bits per heavy atom. The summed E-state index contributed by atoms with van der Waals surface area (Å²) < 4.78 is 15.7. The van der Waals surface area contributed by atoms with Crippen LogP contribution in [-0.4, -0.2) is 24.2 Å². The molecule has 7 heteroatoms. The molecule has 0 aliphatic heterocycles. The summed E-state index contributed by atoms with van der Waals surface area (Å²) in [6.45, 7) is 3.35. The Bertz CT molecular complexity index is 1260. The van der Waals surface area contributed by atoms with Gasteiger partial charge in [-0.1, -0.05) is 43.0 Å². The van der Waals surface area contributed by atoms with Gasteiger partial charge in [-0.25, -0.2) is 14.6 Å². The van der Waals surface area contributed by atoms with E-state index in [1.807, 2.05) is 35.7 Å². The molecule has 150 valence electrons. The number of fused-ring (bicyclic) bond motifs is 1. The second-order valence-electron chi connectivity index (χ2n) is 6.31. The molecule has 0 fully saturated rings. The molecule has 0 radical (unpaired) electrons. The van der Waals surface area contributed by atoms with Gasteiger partial charge in [-0.3, -0.25) is 0 Å². The van der Waals surface area contributed by atoms with Gasteiger partial charge in [0.05, 0.1) is 11.3 Å². The zero-order valence-corrected chi connectivity index (χ0v) is 16.7. The van der Waals surface area contributed by atoms with Crippen molar-refractivity contribution in [2.24, 2.45) is 0 Å². The fraction of sp³-hybridized carbons (Fsp3) is 0.0870. The van der Waals surface area contributed by atoms with Gasteiger partial charge < -0.3 is 13.9 Å². The summed E-state index contributed by atoms with van der Waals surface area (Å²) in [6, 6.07) is 16.5. The van der Waals surface area contributed by atoms with Gasteiger partial charge in [0, 0.05) is 22.4 Å². The van der Waals surface area contributed by atoms with Crippen LogP contribution in [-0.2, 0) is 9.53 Å². The molecule has 2 aromatic heterocycles. The fourth-order valence-corrected chi connectivity index (χ4v) is 3.64. The largest absolute Gasteiger partial charge is 0.482 e. The van der Waals surface area contributed by atoms with Crippen molar-refractivity contribution in [3.8, 4) is 27.6 Å². The molecule has 6 nitrogen and oxygen atoms in total. The fourth-order valence-electron chi connectivity index (χ4n) is 2.81. The van der Waals surface area contributed by atoms with Crippen molar-refractivity contribution >= 4 is 28.3 Å². The molecule has 0 unspecified atom stereocenters. The minimum absolute atomic E-state index is 0.125. The van der Waals surface area contributed by atoms with Crippen molar-refractivity contribution in [2.75, 3.05) is 13.2 Å². The molecular weight excluding hydrogens is 402 g/mol. The topological polar surface area (TPSA) is 78.6 Å². The van der Waals surface area contributed by atoms with E-state index in [9.17, 15) is 9.59 Å². The number of ether oxygens (including phenoxy) is 2. The van der Waals surface area contributed by atoms with E-state index in [1.165, 1.54) is 17.4 Å². The van der Waals surface area contributed by atoms with Gasteiger partial charge in [-0.15, -0.1) is 11.3 Å². The molecule has 0 spiro atoms. The highest BCUT2D eigenvalue weighted by molar-refractivity contribution is 7.13. The summed E-state index contributed by atoms with van der Waals surface area (Å²) >= 11 is 1.39. The Morgan fingerprint density at radius 3 is 2.80 bits per heavy atom. The van der Waals surface area contributed by atoms with Gasteiger partial charge in [0.2, 0.25) is 0 Å². The smallest absolute Gasteiger partial charge is 0.346 e. The zero-order valence-electron chi connectivity index (χ0n) is 15.9. The maximum Gasteiger partial charge on any atom is 0.346 e. The summed E-state index contributed by atoms with van der Waals surface area (Å²) in [5.74, 6) is -0.112. The molecule has 0 atom stereocenters. The molecule has 0 saturated heterocycles. The number of esters is 1. The van der Waals surface area contributed by atoms with Crippen LogP contribution in [0, 0.1) is 0 Å². The van der Waals surface area contributed by atoms with Gasteiger partial charge in [0.15, 0.2) is 6.61 Å². The predicted molar refractivity (Wildman–Crippen MR) is 116 cm³/mol. The van der Waals surface area contributed by atoms with E-state index in [0.29, 0.717) is 21.9 Å². The molecule has 30 heavy (non-hydrogen) atoms. The lowest BCUT2D eigenvalue weighted by Crippen LogP contribution is -2.14. The monoisotopic (exact) mass is 419 g/mol. The number of hydrogen-bond donors (Lipinski definition) is 0. The van der Waals surface area contributed by atoms with E-state index in [1.54, 1.807) is 24.3 Å². The number of thiazole rings is 1. The van der Waals surface area contributed by atoms with E-state index in [-0.39, 0.29) is 13.2 Å². The number of nitrogens with zero attached hydrogens (tertiary/aromatic N) is 1. The normalized spacial score (nSPS) is 10.7. The Morgan fingerprint density at radius 2 is 2.00 bits per heavy atom. The molecule has 0 N–H and O–H groups in total. The first-order valence-electron chi connectivity index (χ1n) is 9.12. The van der Waals surface area contributed by atoms with Crippen LogP contribution in [0.1, 0.15) is 0 Å². The molecular formula is C23H17NO5S. The van der Waals surface area contributed by atoms with Crippen LogP contribution in [0.3, 0.4) is 0 Å². The minimum atomic E-state index is -0.509. The minimum Gasteiger partial charge on any atom is -0.482 e. The second kappa shape index (κ2) is 8.75. The van der Waals surface area contributed by atoms with Crippen molar-refractivity contribution < 1.29 is 18.7 Å². The van der Waals surface area contributed by atoms with E-state index in [0.717, 1.165) is 16.6 Å². The maximum atomic E-state index is 12.6. The molecule has 2 heterocycles. The maximum absolute atomic E-state index is 12.6. The molecule has 0 bridgehead atoms. The van der Waals surface area contributed by atoms with Crippen LogP contribution < -0.4 is 10.4 Å². The van der Waals surface area contributed by atoms with Crippen LogP contribution in [0.2, 0.25) is 0 Å². The molecule has 4 aromatic rings. The van der Waals surface area contributed by atoms with Gasteiger partial charge >= 0.3 is 11.6 Å². The number of benzene rings is 2. The summed E-state index contributed by atoms with van der Waals surface area (Å²) in [4.78, 5) is 28.7. The Kier molecular flexibility index (Phi) is 5.72. The Hall–Kier alpha value is -3.71. The highest BCUT2D eigenvalue weighted by Crippen LogP contribution is 2.29. The highest BCUT2D eigenvalue weighted by Gasteiger charge is 2.13. The van der Waals surface area contributed by atoms with Gasteiger partial charge in [-0.05, 0) is 18.2 Å². The van der Waals surface area contributed by atoms with Crippen LogP contribution in [0.5, 0.6) is 5.75 Å². The third-order valence-corrected chi connectivity index (χ3v) is 5.11. The molecule has 0 aliphatic rings. The molecule has 2 aromatic carbocycles. The van der Waals surface area contributed by atoms with Crippen LogP contribution in [0.4, 0.5) is 0 Å². The summed E-state index contributed by atoms with van der Waals surface area (Å²) in [7, 11) is 0. The van der Waals surface area contributed by atoms with E-state index in [2.05, 4.69) is 11.6 Å². The Balaban J connectivity index is 1.57. The van der Waals surface area contributed by atoms with E-state index < -0.39 is 11.6 Å². The number of hydrogen-bond acceptors (Lipinski definition) is 7. The first kappa shape index (κ1) is 19.6. The number of carbonyl (C=O) groups excluding carboxylic acids is 1. The number of rotatable bonds is 7. The van der Waals surface area contributed by atoms with Gasteiger partial charge in [-0.2, -0.15) is 0 Å². The van der Waals surface area contributed by atoms with Crippen molar-refractivity contribution in [1.29, 1.82) is 0 Å². The molecule has 0 amide bonds.